The number of alkyl halides is 3. The van der Waals surface area contributed by atoms with Gasteiger partial charge in [-0.25, -0.2) is 4.98 Å². The molecule has 0 spiro atoms. The highest BCUT2D eigenvalue weighted by molar-refractivity contribution is 7.81. The molecule has 0 saturated heterocycles. The summed E-state index contributed by atoms with van der Waals surface area (Å²) in [5.41, 5.74) is 0.189. The Balaban J connectivity index is 2.31. The number of aromatic hydroxyl groups is 1. The number of pyridine rings is 2. The van der Waals surface area contributed by atoms with Gasteiger partial charge in [-0.15, -0.1) is 0 Å². The summed E-state index contributed by atoms with van der Waals surface area (Å²) in [7, 11) is 0. The fourth-order valence-electron chi connectivity index (χ4n) is 1.62. The lowest BCUT2D eigenvalue weighted by Gasteiger charge is -2.13. The van der Waals surface area contributed by atoms with Gasteiger partial charge < -0.3 is 10.4 Å². The van der Waals surface area contributed by atoms with Crippen molar-refractivity contribution in [2.45, 2.75) is 13.1 Å². The summed E-state index contributed by atoms with van der Waals surface area (Å²) >= 11 is 5.13. The van der Waals surface area contributed by atoms with Crippen molar-refractivity contribution in [3.63, 3.8) is 0 Å². The molecule has 0 fully saturated rings. The maximum atomic E-state index is 12.6. The van der Waals surface area contributed by atoms with E-state index in [1.54, 1.807) is 19.2 Å². The predicted molar refractivity (Wildman–Crippen MR) is 75.2 cm³/mol. The first-order valence-corrected chi connectivity index (χ1v) is 6.18. The van der Waals surface area contributed by atoms with Crippen LogP contribution in [0.2, 0.25) is 0 Å². The minimum atomic E-state index is -4.55. The van der Waals surface area contributed by atoms with Crippen LogP contribution in [0.15, 0.2) is 30.7 Å². The number of thiocarbonyl (C=S) groups is 1. The minimum absolute atomic E-state index is 0.173. The molecule has 0 aliphatic heterocycles. The molecule has 0 saturated carbocycles. The molecule has 21 heavy (non-hydrogen) atoms. The molecule has 2 rings (SSSR count). The van der Waals surface area contributed by atoms with Crippen LogP contribution in [0.4, 0.5) is 18.9 Å². The number of hydrogen-bond donors (Lipinski definition) is 2. The lowest BCUT2D eigenvalue weighted by Crippen LogP contribution is -2.14. The molecule has 2 aromatic rings. The SMILES string of the molecule is Cc1cnccc1C(=S)Nc1cc(C(F)(F)F)cnc1O. The normalized spacial score (nSPS) is 11.2. The van der Waals surface area contributed by atoms with E-state index in [1.807, 2.05) is 0 Å². The van der Waals surface area contributed by atoms with Gasteiger partial charge in [0.25, 0.3) is 0 Å². The van der Waals surface area contributed by atoms with Gasteiger partial charge in [-0.3, -0.25) is 4.98 Å². The number of nitrogens with zero attached hydrogens (tertiary/aromatic N) is 2. The van der Waals surface area contributed by atoms with Gasteiger partial charge in [-0.05, 0) is 24.6 Å². The molecule has 0 aliphatic carbocycles. The minimum Gasteiger partial charge on any atom is -0.492 e. The Morgan fingerprint density at radius 1 is 1.33 bits per heavy atom. The van der Waals surface area contributed by atoms with Gasteiger partial charge >= 0.3 is 6.18 Å². The van der Waals surface area contributed by atoms with Crippen LogP contribution in [-0.2, 0) is 6.18 Å². The summed E-state index contributed by atoms with van der Waals surface area (Å²) in [6, 6.07) is 2.38. The van der Waals surface area contributed by atoms with Crippen LogP contribution in [-0.4, -0.2) is 20.1 Å². The van der Waals surface area contributed by atoms with E-state index in [-0.39, 0.29) is 10.7 Å². The van der Waals surface area contributed by atoms with Gasteiger partial charge in [0.2, 0.25) is 5.88 Å². The predicted octanol–water partition coefficient (Wildman–Crippen LogP) is 3.30. The first kappa shape index (κ1) is 15.2. The largest absolute Gasteiger partial charge is 0.492 e. The summed E-state index contributed by atoms with van der Waals surface area (Å²) in [5.74, 6) is -0.558. The highest BCUT2D eigenvalue weighted by atomic mass is 32.1. The zero-order valence-corrected chi connectivity index (χ0v) is 11.6. The van der Waals surface area contributed by atoms with Crippen LogP contribution in [0, 0.1) is 6.92 Å². The topological polar surface area (TPSA) is 58.0 Å². The van der Waals surface area contributed by atoms with E-state index in [4.69, 9.17) is 12.2 Å². The molecule has 0 unspecified atom stereocenters. The van der Waals surface area contributed by atoms with Gasteiger partial charge in [0.1, 0.15) is 10.7 Å². The molecule has 8 heteroatoms. The molecule has 110 valence electrons. The van der Waals surface area contributed by atoms with Gasteiger partial charge in [-0.1, -0.05) is 12.2 Å². The fraction of sp³-hybridized carbons (Fsp3) is 0.154. The van der Waals surface area contributed by atoms with Crippen molar-refractivity contribution in [2.75, 3.05) is 5.32 Å². The first-order chi connectivity index (χ1) is 9.79. The molecule has 0 bridgehead atoms. The average Bonchev–Trinajstić information content (AvgIpc) is 2.40. The third-order valence-corrected chi connectivity index (χ3v) is 3.03. The van der Waals surface area contributed by atoms with E-state index in [0.29, 0.717) is 11.8 Å². The molecule has 0 atom stereocenters. The smallest absolute Gasteiger partial charge is 0.417 e. The monoisotopic (exact) mass is 313 g/mol. The second kappa shape index (κ2) is 5.65. The number of hydrogen-bond acceptors (Lipinski definition) is 4. The molecular formula is C13H10F3N3OS. The van der Waals surface area contributed by atoms with E-state index < -0.39 is 17.6 Å². The number of rotatable bonds is 2. The van der Waals surface area contributed by atoms with E-state index in [9.17, 15) is 18.3 Å². The highest BCUT2D eigenvalue weighted by Crippen LogP contribution is 2.33. The van der Waals surface area contributed by atoms with E-state index in [2.05, 4.69) is 15.3 Å². The van der Waals surface area contributed by atoms with Crippen LogP contribution < -0.4 is 5.32 Å². The standard InChI is InChI=1S/C13H10F3N3OS/c1-7-5-17-3-2-9(7)12(21)19-10-4-8(13(14,15)16)6-18-11(10)20/h2-6H,1H3,(H,18,20)(H,19,21). The fourth-order valence-corrected chi connectivity index (χ4v) is 1.96. The molecule has 0 aromatic carbocycles. The summed E-state index contributed by atoms with van der Waals surface area (Å²) in [5, 5.41) is 12.1. The van der Waals surface area contributed by atoms with Crippen LogP contribution in [0.1, 0.15) is 16.7 Å². The number of aromatic nitrogens is 2. The molecule has 2 aromatic heterocycles. The zero-order chi connectivity index (χ0) is 15.6. The Hall–Kier alpha value is -2.22. The molecule has 0 aliphatic rings. The Bertz CT molecular complexity index is 689. The van der Waals surface area contributed by atoms with Crippen molar-refractivity contribution in [1.29, 1.82) is 0 Å². The number of nitrogens with one attached hydrogen (secondary N) is 1. The second-order valence-electron chi connectivity index (χ2n) is 4.24. The van der Waals surface area contributed by atoms with E-state index >= 15 is 0 Å². The summed E-state index contributed by atoms with van der Waals surface area (Å²) in [6.45, 7) is 1.76. The second-order valence-corrected chi connectivity index (χ2v) is 4.65. The molecule has 0 radical (unpaired) electrons. The number of halogens is 3. The Kier molecular flexibility index (Phi) is 4.08. The van der Waals surface area contributed by atoms with Crippen molar-refractivity contribution >= 4 is 22.9 Å². The molecule has 0 amide bonds. The van der Waals surface area contributed by atoms with Crippen molar-refractivity contribution < 1.29 is 18.3 Å². The maximum absolute atomic E-state index is 12.6. The lowest BCUT2D eigenvalue weighted by atomic mass is 10.1. The number of aryl methyl sites for hydroxylation is 1. The molecule has 4 nitrogen and oxygen atoms in total. The Labute approximate surface area is 123 Å². The van der Waals surface area contributed by atoms with E-state index in [1.165, 1.54) is 6.20 Å². The summed E-state index contributed by atoms with van der Waals surface area (Å²) in [6.07, 6.45) is -0.902. The van der Waals surface area contributed by atoms with Gasteiger partial charge in [0, 0.05) is 24.2 Å². The zero-order valence-electron chi connectivity index (χ0n) is 10.8. The molecule has 2 N–H and O–H groups in total. The number of anilines is 1. The Morgan fingerprint density at radius 2 is 2.05 bits per heavy atom. The van der Waals surface area contributed by atoms with Gasteiger partial charge in [0.15, 0.2) is 0 Å². The van der Waals surface area contributed by atoms with Crippen LogP contribution in [0.5, 0.6) is 5.88 Å². The van der Waals surface area contributed by atoms with Crippen LogP contribution >= 0.6 is 12.2 Å². The Morgan fingerprint density at radius 3 is 2.67 bits per heavy atom. The first-order valence-electron chi connectivity index (χ1n) is 5.77. The maximum Gasteiger partial charge on any atom is 0.417 e. The highest BCUT2D eigenvalue weighted by Gasteiger charge is 2.31. The van der Waals surface area contributed by atoms with Crippen LogP contribution in [0.3, 0.4) is 0 Å². The third-order valence-electron chi connectivity index (χ3n) is 2.71. The van der Waals surface area contributed by atoms with Crippen molar-refractivity contribution in [2.24, 2.45) is 0 Å². The van der Waals surface area contributed by atoms with Crippen molar-refractivity contribution in [3.8, 4) is 5.88 Å². The molecule has 2 heterocycles. The summed E-state index contributed by atoms with van der Waals surface area (Å²) in [4.78, 5) is 7.39. The van der Waals surface area contributed by atoms with E-state index in [0.717, 1.165) is 11.6 Å². The third kappa shape index (κ3) is 3.46. The quantitative estimate of drug-likeness (QED) is 0.833. The van der Waals surface area contributed by atoms with Crippen molar-refractivity contribution in [1.82, 2.24) is 9.97 Å². The van der Waals surface area contributed by atoms with Gasteiger partial charge in [0.05, 0.1) is 5.56 Å². The lowest BCUT2D eigenvalue weighted by molar-refractivity contribution is -0.137. The van der Waals surface area contributed by atoms with Gasteiger partial charge in [-0.2, -0.15) is 13.2 Å². The molecular weight excluding hydrogens is 303 g/mol. The van der Waals surface area contributed by atoms with Crippen LogP contribution in [0.25, 0.3) is 0 Å². The average molecular weight is 313 g/mol. The van der Waals surface area contributed by atoms with Crippen molar-refractivity contribution in [3.05, 3.63) is 47.4 Å². The summed E-state index contributed by atoms with van der Waals surface area (Å²) < 4.78 is 37.9.